The normalized spacial score (nSPS) is 11.3. The lowest BCUT2D eigenvalue weighted by Gasteiger charge is -2.11. The van der Waals surface area contributed by atoms with E-state index in [0.717, 1.165) is 11.1 Å². The fourth-order valence-corrected chi connectivity index (χ4v) is 2.66. The predicted octanol–water partition coefficient (Wildman–Crippen LogP) is 4.80. The van der Waals surface area contributed by atoms with Crippen LogP contribution in [0.3, 0.4) is 0 Å². The molecule has 0 bridgehead atoms. The van der Waals surface area contributed by atoms with Crippen LogP contribution in [0.25, 0.3) is 11.4 Å². The standard InChI is InChI=1S/C19H18F2N4O2S/c1-3-26-16-10-13(6-9-15(16)27-18(20)21)11-22-25-17(23-24-19(25)28)14-7-4-12(2)5-8-14/h4-11,18H,3H2,1-2H3,(H,24,28)/b22-11-. The molecule has 0 aliphatic rings. The smallest absolute Gasteiger partial charge is 0.387 e. The molecule has 0 amide bonds. The number of aromatic nitrogens is 3. The van der Waals surface area contributed by atoms with Gasteiger partial charge < -0.3 is 9.47 Å². The zero-order valence-electron chi connectivity index (χ0n) is 15.2. The van der Waals surface area contributed by atoms with E-state index in [-0.39, 0.29) is 11.5 Å². The van der Waals surface area contributed by atoms with Gasteiger partial charge in [-0.25, -0.2) is 5.10 Å². The molecule has 2 aromatic carbocycles. The molecule has 9 heteroatoms. The molecule has 28 heavy (non-hydrogen) atoms. The minimum absolute atomic E-state index is 0.0331. The number of alkyl halides is 2. The van der Waals surface area contributed by atoms with Gasteiger partial charge in [-0.2, -0.15) is 23.7 Å². The van der Waals surface area contributed by atoms with Crippen LogP contribution in [0.15, 0.2) is 47.6 Å². The van der Waals surface area contributed by atoms with Crippen molar-refractivity contribution in [2.24, 2.45) is 5.10 Å². The molecule has 146 valence electrons. The van der Waals surface area contributed by atoms with E-state index in [4.69, 9.17) is 17.0 Å². The minimum atomic E-state index is -2.93. The third-order valence-corrected chi connectivity index (χ3v) is 4.03. The van der Waals surface area contributed by atoms with Gasteiger partial charge in [0.05, 0.1) is 12.8 Å². The summed E-state index contributed by atoms with van der Waals surface area (Å²) in [5.74, 6) is 0.736. The van der Waals surface area contributed by atoms with Gasteiger partial charge in [0.1, 0.15) is 0 Å². The Labute approximate surface area is 165 Å². The van der Waals surface area contributed by atoms with Crippen LogP contribution < -0.4 is 9.47 Å². The number of benzene rings is 2. The van der Waals surface area contributed by atoms with Crippen LogP contribution in [0.4, 0.5) is 8.78 Å². The highest BCUT2D eigenvalue weighted by molar-refractivity contribution is 7.71. The number of H-pyrrole nitrogens is 1. The van der Waals surface area contributed by atoms with Crippen molar-refractivity contribution in [1.82, 2.24) is 14.9 Å². The summed E-state index contributed by atoms with van der Waals surface area (Å²) in [5, 5.41) is 11.3. The molecule has 6 nitrogen and oxygen atoms in total. The highest BCUT2D eigenvalue weighted by atomic mass is 32.1. The maximum Gasteiger partial charge on any atom is 0.387 e. The molecule has 0 aliphatic heterocycles. The molecule has 0 saturated carbocycles. The van der Waals surface area contributed by atoms with Gasteiger partial charge in [-0.15, -0.1) is 0 Å². The number of aryl methyl sites for hydroxylation is 1. The number of rotatable bonds is 7. The molecule has 0 spiro atoms. The van der Waals surface area contributed by atoms with Gasteiger partial charge in [-0.3, -0.25) is 0 Å². The largest absolute Gasteiger partial charge is 0.490 e. The van der Waals surface area contributed by atoms with E-state index in [1.54, 1.807) is 19.1 Å². The van der Waals surface area contributed by atoms with E-state index < -0.39 is 6.61 Å². The molecule has 0 saturated heterocycles. The number of hydrogen-bond donors (Lipinski definition) is 1. The summed E-state index contributed by atoms with van der Waals surface area (Å²) < 4.78 is 36.7. The second kappa shape index (κ2) is 8.75. The maximum atomic E-state index is 12.5. The van der Waals surface area contributed by atoms with Gasteiger partial charge in [0, 0.05) is 5.56 Å². The van der Waals surface area contributed by atoms with Crippen molar-refractivity contribution in [3.63, 3.8) is 0 Å². The molecule has 0 radical (unpaired) electrons. The van der Waals surface area contributed by atoms with Crippen LogP contribution in [0.1, 0.15) is 18.1 Å². The summed E-state index contributed by atoms with van der Waals surface area (Å²) >= 11 is 5.25. The summed E-state index contributed by atoms with van der Waals surface area (Å²) in [6, 6.07) is 12.4. The zero-order valence-corrected chi connectivity index (χ0v) is 16.0. The first-order chi connectivity index (χ1) is 13.5. The lowest BCUT2D eigenvalue weighted by molar-refractivity contribution is -0.0514. The van der Waals surface area contributed by atoms with Crippen molar-refractivity contribution in [2.75, 3.05) is 6.61 Å². The van der Waals surface area contributed by atoms with Crippen LogP contribution in [-0.4, -0.2) is 34.3 Å². The van der Waals surface area contributed by atoms with Gasteiger partial charge in [-0.05, 0) is 49.8 Å². The molecule has 0 fully saturated rings. The quantitative estimate of drug-likeness (QED) is 0.454. The summed E-state index contributed by atoms with van der Waals surface area (Å²) in [6.45, 7) is 1.13. The van der Waals surface area contributed by atoms with E-state index in [9.17, 15) is 8.78 Å². The molecule has 0 aliphatic carbocycles. The minimum Gasteiger partial charge on any atom is -0.490 e. The highest BCUT2D eigenvalue weighted by Crippen LogP contribution is 2.29. The first-order valence-corrected chi connectivity index (χ1v) is 8.89. The third-order valence-electron chi connectivity index (χ3n) is 3.77. The lowest BCUT2D eigenvalue weighted by Crippen LogP contribution is -2.05. The van der Waals surface area contributed by atoms with Crippen molar-refractivity contribution in [2.45, 2.75) is 20.5 Å². The molecule has 0 atom stereocenters. The fraction of sp³-hybridized carbons (Fsp3) is 0.211. The molecule has 1 aromatic heterocycles. The molecule has 3 aromatic rings. The van der Waals surface area contributed by atoms with E-state index in [0.29, 0.717) is 22.8 Å². The lowest BCUT2D eigenvalue weighted by atomic mass is 10.1. The Morgan fingerprint density at radius 1 is 1.21 bits per heavy atom. The van der Waals surface area contributed by atoms with Crippen LogP contribution in [0.5, 0.6) is 11.5 Å². The van der Waals surface area contributed by atoms with Gasteiger partial charge in [-0.1, -0.05) is 29.8 Å². The second-order valence-electron chi connectivity index (χ2n) is 5.79. The Balaban J connectivity index is 1.92. The third kappa shape index (κ3) is 4.61. The number of halogens is 2. The molecule has 0 unspecified atom stereocenters. The Kier molecular flexibility index (Phi) is 6.15. The van der Waals surface area contributed by atoms with E-state index in [1.807, 2.05) is 31.2 Å². The predicted molar refractivity (Wildman–Crippen MR) is 105 cm³/mol. The van der Waals surface area contributed by atoms with Gasteiger partial charge in [0.15, 0.2) is 17.3 Å². The Morgan fingerprint density at radius 3 is 2.64 bits per heavy atom. The molecular weight excluding hydrogens is 386 g/mol. The van der Waals surface area contributed by atoms with Crippen LogP contribution >= 0.6 is 12.2 Å². The number of hydrogen-bond acceptors (Lipinski definition) is 5. The average molecular weight is 404 g/mol. The number of aromatic amines is 1. The second-order valence-corrected chi connectivity index (χ2v) is 6.18. The van der Waals surface area contributed by atoms with E-state index in [1.165, 1.54) is 17.0 Å². The van der Waals surface area contributed by atoms with Gasteiger partial charge >= 0.3 is 6.61 Å². The summed E-state index contributed by atoms with van der Waals surface area (Å²) in [6.07, 6.45) is 1.54. The first kappa shape index (κ1) is 19.7. The maximum absolute atomic E-state index is 12.5. The summed E-state index contributed by atoms with van der Waals surface area (Å²) in [5.41, 5.74) is 2.61. The SMILES string of the molecule is CCOc1cc(/C=N\n2c(-c3ccc(C)cc3)n[nH]c2=S)ccc1OC(F)F. The Hall–Kier alpha value is -3.07. The van der Waals surface area contributed by atoms with Crippen molar-refractivity contribution < 1.29 is 18.3 Å². The topological polar surface area (TPSA) is 64.4 Å². The van der Waals surface area contributed by atoms with Crippen molar-refractivity contribution in [3.05, 3.63) is 58.4 Å². The molecule has 1 heterocycles. The Bertz CT molecular complexity index is 1030. The van der Waals surface area contributed by atoms with Crippen molar-refractivity contribution >= 4 is 18.4 Å². The molecule has 3 rings (SSSR count). The van der Waals surface area contributed by atoms with Crippen LogP contribution in [0, 0.1) is 11.7 Å². The molecule has 1 N–H and O–H groups in total. The summed E-state index contributed by atoms with van der Waals surface area (Å²) in [4.78, 5) is 0. The fourth-order valence-electron chi connectivity index (χ4n) is 2.48. The van der Waals surface area contributed by atoms with Crippen LogP contribution in [0.2, 0.25) is 0 Å². The van der Waals surface area contributed by atoms with Gasteiger partial charge in [0.25, 0.3) is 0 Å². The van der Waals surface area contributed by atoms with E-state index in [2.05, 4.69) is 20.0 Å². The van der Waals surface area contributed by atoms with Gasteiger partial charge in [0.2, 0.25) is 4.77 Å². The number of nitrogens with zero attached hydrogens (tertiary/aromatic N) is 3. The number of ether oxygens (including phenoxy) is 2. The van der Waals surface area contributed by atoms with Crippen molar-refractivity contribution in [3.8, 4) is 22.9 Å². The van der Waals surface area contributed by atoms with Crippen molar-refractivity contribution in [1.29, 1.82) is 0 Å². The first-order valence-electron chi connectivity index (χ1n) is 8.48. The highest BCUT2D eigenvalue weighted by Gasteiger charge is 2.12. The van der Waals surface area contributed by atoms with E-state index >= 15 is 0 Å². The molecular formula is C19H18F2N4O2S. The monoisotopic (exact) mass is 404 g/mol. The Morgan fingerprint density at radius 2 is 1.96 bits per heavy atom. The average Bonchev–Trinajstić information content (AvgIpc) is 3.03. The summed E-state index contributed by atoms with van der Waals surface area (Å²) in [7, 11) is 0. The number of nitrogens with one attached hydrogen (secondary N) is 1. The van der Waals surface area contributed by atoms with Crippen LogP contribution in [-0.2, 0) is 0 Å². The zero-order chi connectivity index (χ0) is 20.1.